The first-order chi connectivity index (χ1) is 8.43. The lowest BCUT2D eigenvalue weighted by atomic mass is 10.3. The molecule has 0 radical (unpaired) electrons. The van der Waals surface area contributed by atoms with Crippen molar-refractivity contribution in [2.45, 2.75) is 25.9 Å². The third-order valence-corrected chi connectivity index (χ3v) is 7.11. The summed E-state index contributed by atoms with van der Waals surface area (Å²) in [4.78, 5) is 9.68. The van der Waals surface area contributed by atoms with Crippen LogP contribution >= 0.6 is 16.5 Å². The van der Waals surface area contributed by atoms with E-state index in [1.54, 1.807) is 0 Å². The van der Waals surface area contributed by atoms with E-state index in [9.17, 15) is 0 Å². The molecule has 96 valence electrons. The van der Waals surface area contributed by atoms with Crippen molar-refractivity contribution in [1.82, 2.24) is 9.97 Å². The number of benzene rings is 1. The SMILES string of the molecule is CPc1nc2ccccc2nc1[P@@](C)C(C)(C)C. The van der Waals surface area contributed by atoms with Crippen LogP contribution in [0.3, 0.4) is 0 Å². The second kappa shape index (κ2) is 5.19. The fourth-order valence-corrected chi connectivity index (χ4v) is 4.32. The van der Waals surface area contributed by atoms with E-state index >= 15 is 0 Å². The predicted molar refractivity (Wildman–Crippen MR) is 85.6 cm³/mol. The number of para-hydroxylation sites is 2. The summed E-state index contributed by atoms with van der Waals surface area (Å²) in [5, 5.41) is 0.279. The normalized spacial score (nSPS) is 14.5. The van der Waals surface area contributed by atoms with E-state index in [0.717, 1.165) is 11.0 Å². The molecule has 0 N–H and O–H groups in total. The molecule has 2 nitrogen and oxygen atoms in total. The number of hydrogen-bond donors (Lipinski definition) is 0. The molecule has 1 aromatic carbocycles. The summed E-state index contributed by atoms with van der Waals surface area (Å²) in [7, 11) is 0.423. The van der Waals surface area contributed by atoms with Gasteiger partial charge in [0.2, 0.25) is 0 Å². The van der Waals surface area contributed by atoms with Gasteiger partial charge in [0.25, 0.3) is 0 Å². The van der Waals surface area contributed by atoms with Crippen LogP contribution in [-0.2, 0) is 0 Å². The number of aromatic nitrogens is 2. The average molecular weight is 278 g/mol. The van der Waals surface area contributed by atoms with Gasteiger partial charge in [-0.15, -0.1) is 0 Å². The average Bonchev–Trinajstić information content (AvgIpc) is 2.35. The molecule has 0 aliphatic heterocycles. The second-order valence-corrected chi connectivity index (χ2v) is 9.22. The zero-order chi connectivity index (χ0) is 13.3. The van der Waals surface area contributed by atoms with Crippen molar-refractivity contribution in [2.75, 3.05) is 13.3 Å². The monoisotopic (exact) mass is 278 g/mol. The van der Waals surface area contributed by atoms with Crippen molar-refractivity contribution in [2.24, 2.45) is 0 Å². The first kappa shape index (κ1) is 13.8. The largest absolute Gasteiger partial charge is 0.244 e. The standard InChI is InChI=1S/C14H20N2P2/c1-14(2,3)18(5)13-12(17-4)15-10-8-6-7-9-11(10)16-13/h6-9,17H,1-5H3/t18-/m1/s1. The van der Waals surface area contributed by atoms with Gasteiger partial charge in [0.1, 0.15) is 0 Å². The quantitative estimate of drug-likeness (QED) is 0.789. The Kier molecular flexibility index (Phi) is 3.99. The molecule has 0 bridgehead atoms. The molecule has 2 aromatic rings. The second-order valence-electron chi connectivity index (χ2n) is 5.36. The highest BCUT2D eigenvalue weighted by Crippen LogP contribution is 2.44. The lowest BCUT2D eigenvalue weighted by Crippen LogP contribution is -2.31. The fourth-order valence-electron chi connectivity index (χ4n) is 1.71. The maximum absolute atomic E-state index is 4.89. The molecule has 0 aliphatic rings. The topological polar surface area (TPSA) is 25.8 Å². The third-order valence-electron chi connectivity index (χ3n) is 3.11. The Hall–Kier alpha value is -0.580. The van der Waals surface area contributed by atoms with Gasteiger partial charge in [-0.25, -0.2) is 9.97 Å². The van der Waals surface area contributed by atoms with Crippen LogP contribution in [0.1, 0.15) is 20.8 Å². The van der Waals surface area contributed by atoms with Gasteiger partial charge in [-0.05, 0) is 30.6 Å². The van der Waals surface area contributed by atoms with E-state index in [2.05, 4.69) is 40.2 Å². The molecule has 0 saturated heterocycles. The van der Waals surface area contributed by atoms with Crippen molar-refractivity contribution in [1.29, 1.82) is 0 Å². The van der Waals surface area contributed by atoms with Crippen LogP contribution in [0.5, 0.6) is 0 Å². The Labute approximate surface area is 112 Å². The van der Waals surface area contributed by atoms with Crippen molar-refractivity contribution in [3.05, 3.63) is 24.3 Å². The van der Waals surface area contributed by atoms with Crippen LogP contribution in [-0.4, -0.2) is 28.5 Å². The van der Waals surface area contributed by atoms with Gasteiger partial charge < -0.3 is 0 Å². The lowest BCUT2D eigenvalue weighted by molar-refractivity contribution is 0.790. The molecule has 0 saturated carbocycles. The zero-order valence-corrected chi connectivity index (χ0v) is 13.5. The molecule has 4 heteroatoms. The molecule has 2 rings (SSSR count). The van der Waals surface area contributed by atoms with Gasteiger partial charge in [0.05, 0.1) is 21.9 Å². The lowest BCUT2D eigenvalue weighted by Gasteiger charge is -2.28. The molecular weight excluding hydrogens is 258 g/mol. The first-order valence-corrected chi connectivity index (χ1v) is 9.41. The minimum Gasteiger partial charge on any atom is -0.244 e. The van der Waals surface area contributed by atoms with Crippen LogP contribution in [0, 0.1) is 0 Å². The van der Waals surface area contributed by atoms with Crippen LogP contribution in [0.15, 0.2) is 24.3 Å². The Morgan fingerprint density at radius 1 is 1.06 bits per heavy atom. The van der Waals surface area contributed by atoms with E-state index in [0.29, 0.717) is 8.58 Å². The van der Waals surface area contributed by atoms with Gasteiger partial charge in [-0.3, -0.25) is 0 Å². The summed E-state index contributed by atoms with van der Waals surface area (Å²) in [6, 6.07) is 8.16. The summed E-state index contributed by atoms with van der Waals surface area (Å²) in [6.07, 6.45) is 0. The molecule has 1 heterocycles. The molecule has 18 heavy (non-hydrogen) atoms. The number of hydrogen-bond acceptors (Lipinski definition) is 2. The van der Waals surface area contributed by atoms with Crippen LogP contribution in [0.4, 0.5) is 0 Å². The third kappa shape index (κ3) is 2.71. The molecule has 1 aromatic heterocycles. The maximum Gasteiger partial charge on any atom is 0.0896 e. The van der Waals surface area contributed by atoms with Crippen molar-refractivity contribution >= 4 is 38.4 Å². The molecule has 0 amide bonds. The van der Waals surface area contributed by atoms with Gasteiger partial charge >= 0.3 is 0 Å². The molecule has 0 fully saturated rings. The van der Waals surface area contributed by atoms with Crippen molar-refractivity contribution in [3.63, 3.8) is 0 Å². The number of rotatable bonds is 2. The highest BCUT2D eigenvalue weighted by Gasteiger charge is 2.25. The fraction of sp³-hybridized carbons (Fsp3) is 0.429. The maximum atomic E-state index is 4.89. The Morgan fingerprint density at radius 3 is 2.11 bits per heavy atom. The predicted octanol–water partition coefficient (Wildman–Crippen LogP) is 3.10. The highest BCUT2D eigenvalue weighted by atomic mass is 31.1. The molecule has 1 unspecified atom stereocenters. The summed E-state index contributed by atoms with van der Waals surface area (Å²) < 4.78 is 0. The first-order valence-electron chi connectivity index (χ1n) is 6.12. The zero-order valence-electron chi connectivity index (χ0n) is 11.7. The summed E-state index contributed by atoms with van der Waals surface area (Å²) in [5.41, 5.74) is 4.46. The summed E-state index contributed by atoms with van der Waals surface area (Å²) >= 11 is 0. The van der Waals surface area contributed by atoms with E-state index in [4.69, 9.17) is 9.97 Å². The number of nitrogens with zero attached hydrogens (tertiary/aromatic N) is 2. The van der Waals surface area contributed by atoms with Gasteiger partial charge in [0.15, 0.2) is 0 Å². The van der Waals surface area contributed by atoms with E-state index in [1.807, 2.05) is 18.2 Å². The molecule has 2 atom stereocenters. The summed E-state index contributed by atoms with van der Waals surface area (Å²) in [5.74, 6) is 0. The van der Waals surface area contributed by atoms with E-state index in [1.165, 1.54) is 10.9 Å². The molecular formula is C14H20N2P2. The minimum absolute atomic E-state index is 0.279. The molecule has 0 spiro atoms. The Bertz CT molecular complexity index is 561. The highest BCUT2D eigenvalue weighted by molar-refractivity contribution is 7.68. The van der Waals surface area contributed by atoms with Crippen LogP contribution < -0.4 is 10.9 Å². The van der Waals surface area contributed by atoms with Crippen molar-refractivity contribution < 1.29 is 0 Å². The van der Waals surface area contributed by atoms with Crippen LogP contribution in [0.2, 0.25) is 0 Å². The van der Waals surface area contributed by atoms with E-state index in [-0.39, 0.29) is 13.1 Å². The number of fused-ring (bicyclic) bond motifs is 1. The van der Waals surface area contributed by atoms with Gasteiger partial charge in [-0.1, -0.05) is 49.4 Å². The van der Waals surface area contributed by atoms with Crippen molar-refractivity contribution in [3.8, 4) is 0 Å². The molecule has 0 aliphatic carbocycles. The van der Waals surface area contributed by atoms with Gasteiger partial charge in [0, 0.05) is 0 Å². The Morgan fingerprint density at radius 2 is 1.61 bits per heavy atom. The smallest absolute Gasteiger partial charge is 0.0896 e. The Balaban J connectivity index is 2.62. The summed E-state index contributed by atoms with van der Waals surface area (Å²) in [6.45, 7) is 11.4. The van der Waals surface area contributed by atoms with E-state index < -0.39 is 0 Å². The van der Waals surface area contributed by atoms with Crippen LogP contribution in [0.25, 0.3) is 11.0 Å². The van der Waals surface area contributed by atoms with Gasteiger partial charge in [-0.2, -0.15) is 0 Å². The minimum atomic E-state index is -0.283.